The molecule has 0 aromatic carbocycles. The standard InChI is InChI=1S/C20H22N6O2S/c1-19(27)4-7-26(12-19)20(18-24-6-8-29-18)10-15(22)14(11-21)17(25-20)16-9-13(28-2)3-5-23-16/h3,5-6,8-10,25,27H,4,7,12,22H2,1-2H3/t19?,20-/m0/s1. The molecule has 2 atom stereocenters. The molecule has 4 rings (SSSR count). The molecule has 0 spiro atoms. The van der Waals surface area contributed by atoms with Gasteiger partial charge in [-0.3, -0.25) is 9.88 Å². The van der Waals surface area contributed by atoms with Gasteiger partial charge in [-0.25, -0.2) is 4.98 Å². The quantitative estimate of drug-likeness (QED) is 0.694. The van der Waals surface area contributed by atoms with Crippen LogP contribution in [-0.2, 0) is 5.66 Å². The molecule has 1 fully saturated rings. The van der Waals surface area contributed by atoms with E-state index in [1.54, 1.807) is 31.6 Å². The number of ether oxygens (including phenoxy) is 1. The van der Waals surface area contributed by atoms with Gasteiger partial charge in [0.25, 0.3) is 0 Å². The summed E-state index contributed by atoms with van der Waals surface area (Å²) < 4.78 is 5.32. The minimum atomic E-state index is -0.890. The highest BCUT2D eigenvalue weighted by Crippen LogP contribution is 2.41. The molecule has 0 radical (unpaired) electrons. The third-order valence-electron chi connectivity index (χ3n) is 5.26. The summed E-state index contributed by atoms with van der Waals surface area (Å²) in [6.07, 6.45) is 5.79. The van der Waals surface area contributed by atoms with Crippen molar-refractivity contribution in [2.75, 3.05) is 20.2 Å². The molecule has 8 nitrogen and oxygen atoms in total. The molecule has 2 aromatic rings. The maximum atomic E-state index is 10.6. The number of nitrogens with two attached hydrogens (primary N) is 1. The van der Waals surface area contributed by atoms with Crippen molar-refractivity contribution in [1.29, 1.82) is 5.26 Å². The maximum Gasteiger partial charge on any atom is 0.166 e. The number of nitriles is 1. The minimum absolute atomic E-state index is 0.309. The van der Waals surface area contributed by atoms with E-state index in [-0.39, 0.29) is 0 Å². The van der Waals surface area contributed by atoms with Gasteiger partial charge < -0.3 is 20.9 Å². The molecule has 0 aliphatic carbocycles. The largest absolute Gasteiger partial charge is 0.497 e. The monoisotopic (exact) mass is 410 g/mol. The second-order valence-electron chi connectivity index (χ2n) is 7.44. The van der Waals surface area contributed by atoms with Crippen LogP contribution in [0.3, 0.4) is 0 Å². The Kier molecular flexibility index (Phi) is 4.78. The van der Waals surface area contributed by atoms with Crippen LogP contribution in [0.1, 0.15) is 24.0 Å². The van der Waals surface area contributed by atoms with Crippen LogP contribution in [0.25, 0.3) is 5.70 Å². The fourth-order valence-corrected chi connectivity index (χ4v) is 4.59. The molecule has 1 unspecified atom stereocenters. The number of aliphatic hydroxyl groups is 1. The van der Waals surface area contributed by atoms with Gasteiger partial charge in [-0.1, -0.05) is 0 Å². The zero-order valence-electron chi connectivity index (χ0n) is 16.2. The predicted molar refractivity (Wildman–Crippen MR) is 109 cm³/mol. The van der Waals surface area contributed by atoms with Gasteiger partial charge in [-0.2, -0.15) is 5.26 Å². The number of methoxy groups -OCH3 is 1. The van der Waals surface area contributed by atoms with E-state index in [0.29, 0.717) is 47.9 Å². The molecule has 29 heavy (non-hydrogen) atoms. The van der Waals surface area contributed by atoms with Gasteiger partial charge in [0.2, 0.25) is 0 Å². The summed E-state index contributed by atoms with van der Waals surface area (Å²) >= 11 is 1.48. The minimum Gasteiger partial charge on any atom is -0.497 e. The number of pyridine rings is 1. The second-order valence-corrected chi connectivity index (χ2v) is 8.33. The molecule has 2 aliphatic rings. The average Bonchev–Trinajstić information content (AvgIpc) is 3.37. The number of likely N-dealkylation sites (tertiary alicyclic amines) is 1. The van der Waals surface area contributed by atoms with E-state index in [1.807, 2.05) is 18.4 Å². The van der Waals surface area contributed by atoms with Crippen LogP contribution in [0.4, 0.5) is 0 Å². The molecule has 0 bridgehead atoms. The lowest BCUT2D eigenvalue weighted by molar-refractivity contribution is 0.0460. The van der Waals surface area contributed by atoms with Gasteiger partial charge in [-0.15, -0.1) is 11.3 Å². The average molecular weight is 411 g/mol. The lowest BCUT2D eigenvalue weighted by Crippen LogP contribution is -2.56. The van der Waals surface area contributed by atoms with Gasteiger partial charge >= 0.3 is 0 Å². The molecule has 0 amide bonds. The molecule has 9 heteroatoms. The van der Waals surface area contributed by atoms with Crippen LogP contribution in [0, 0.1) is 11.3 Å². The Hall–Kier alpha value is -2.93. The Balaban J connectivity index is 1.87. The Morgan fingerprint density at radius 3 is 2.86 bits per heavy atom. The highest BCUT2D eigenvalue weighted by Gasteiger charge is 2.48. The topological polar surface area (TPSA) is 120 Å². The fraction of sp³-hybridized carbons (Fsp3) is 0.350. The van der Waals surface area contributed by atoms with Crippen LogP contribution >= 0.6 is 11.3 Å². The predicted octanol–water partition coefficient (Wildman–Crippen LogP) is 1.54. The van der Waals surface area contributed by atoms with Crippen molar-refractivity contribution in [1.82, 2.24) is 20.2 Å². The summed E-state index contributed by atoms with van der Waals surface area (Å²) in [5.41, 5.74) is 6.37. The van der Waals surface area contributed by atoms with Crippen LogP contribution in [0.2, 0.25) is 0 Å². The summed E-state index contributed by atoms with van der Waals surface area (Å²) in [6.45, 7) is 2.90. The number of β-amino-alcohol motifs (C(OH)–C–C–N with tert-alkyl or cyclic N) is 1. The SMILES string of the molecule is COc1ccnc(C2=C(C#N)C(N)=C[C@@](c3nccs3)(N3CCC(C)(O)C3)N2)c1. The first-order valence-electron chi connectivity index (χ1n) is 9.17. The van der Waals surface area contributed by atoms with Crippen LogP contribution in [-0.4, -0.2) is 45.8 Å². The Morgan fingerprint density at radius 1 is 1.41 bits per heavy atom. The first-order chi connectivity index (χ1) is 13.9. The Bertz CT molecular complexity index is 1020. The summed E-state index contributed by atoms with van der Waals surface area (Å²) in [5.74, 6) is 0.624. The Morgan fingerprint density at radius 2 is 2.24 bits per heavy atom. The molecule has 1 saturated heterocycles. The zero-order chi connectivity index (χ0) is 20.6. The van der Waals surface area contributed by atoms with Crippen molar-refractivity contribution in [2.45, 2.75) is 24.6 Å². The molecule has 2 aliphatic heterocycles. The number of nitrogens with zero attached hydrogens (tertiary/aromatic N) is 4. The zero-order valence-corrected chi connectivity index (χ0v) is 17.0. The van der Waals surface area contributed by atoms with Gasteiger partial charge in [0.15, 0.2) is 5.66 Å². The van der Waals surface area contributed by atoms with Crippen molar-refractivity contribution in [3.05, 3.63) is 58.0 Å². The van der Waals surface area contributed by atoms with E-state index < -0.39 is 11.3 Å². The molecule has 0 saturated carbocycles. The van der Waals surface area contributed by atoms with E-state index in [9.17, 15) is 10.4 Å². The van der Waals surface area contributed by atoms with Crippen molar-refractivity contribution in [3.8, 4) is 11.8 Å². The number of allylic oxidation sites excluding steroid dienone is 1. The normalized spacial score (nSPS) is 27.3. The third kappa shape index (κ3) is 3.35. The number of dihydropyridines is 1. The summed E-state index contributed by atoms with van der Waals surface area (Å²) in [7, 11) is 1.58. The summed E-state index contributed by atoms with van der Waals surface area (Å²) in [6, 6.07) is 5.68. The van der Waals surface area contributed by atoms with E-state index >= 15 is 0 Å². The van der Waals surface area contributed by atoms with Crippen molar-refractivity contribution in [3.63, 3.8) is 0 Å². The molecule has 4 heterocycles. The van der Waals surface area contributed by atoms with E-state index in [0.717, 1.165) is 5.01 Å². The molecule has 4 N–H and O–H groups in total. The van der Waals surface area contributed by atoms with Crippen LogP contribution in [0.15, 0.2) is 47.3 Å². The second kappa shape index (κ2) is 7.15. The van der Waals surface area contributed by atoms with E-state index in [1.165, 1.54) is 11.3 Å². The Labute approximate surface area is 173 Å². The van der Waals surface area contributed by atoms with Crippen molar-refractivity contribution < 1.29 is 9.84 Å². The molecule has 150 valence electrons. The first-order valence-corrected chi connectivity index (χ1v) is 10.1. The third-order valence-corrected chi connectivity index (χ3v) is 6.16. The van der Waals surface area contributed by atoms with Crippen LogP contribution < -0.4 is 15.8 Å². The van der Waals surface area contributed by atoms with Gasteiger partial charge in [-0.05, 0) is 25.5 Å². The number of aromatic nitrogens is 2. The number of rotatable bonds is 4. The lowest BCUT2D eigenvalue weighted by Gasteiger charge is -2.43. The lowest BCUT2D eigenvalue weighted by atomic mass is 9.95. The molecular weight excluding hydrogens is 388 g/mol. The first kappa shape index (κ1) is 19.4. The number of hydrogen-bond acceptors (Lipinski definition) is 9. The molecular formula is C20H22N6O2S. The fourth-order valence-electron chi connectivity index (χ4n) is 3.80. The van der Waals surface area contributed by atoms with Gasteiger partial charge in [0.05, 0.1) is 29.8 Å². The van der Waals surface area contributed by atoms with Crippen molar-refractivity contribution in [2.24, 2.45) is 5.73 Å². The van der Waals surface area contributed by atoms with Crippen molar-refractivity contribution >= 4 is 17.0 Å². The highest BCUT2D eigenvalue weighted by atomic mass is 32.1. The maximum absolute atomic E-state index is 10.6. The van der Waals surface area contributed by atoms with E-state index in [2.05, 4.69) is 26.3 Å². The van der Waals surface area contributed by atoms with Crippen LogP contribution in [0.5, 0.6) is 5.75 Å². The molecule has 2 aromatic heterocycles. The number of hydrogen-bond donors (Lipinski definition) is 3. The number of nitrogens with one attached hydrogen (secondary N) is 1. The smallest absolute Gasteiger partial charge is 0.166 e. The van der Waals surface area contributed by atoms with Gasteiger partial charge in [0.1, 0.15) is 22.4 Å². The number of thiazole rings is 1. The highest BCUT2D eigenvalue weighted by molar-refractivity contribution is 7.09. The summed E-state index contributed by atoms with van der Waals surface area (Å²) in [5, 5.41) is 26.5. The van der Waals surface area contributed by atoms with Gasteiger partial charge in [0, 0.05) is 36.9 Å². The summed E-state index contributed by atoms with van der Waals surface area (Å²) in [4.78, 5) is 11.1. The van der Waals surface area contributed by atoms with E-state index in [4.69, 9.17) is 10.5 Å².